The van der Waals surface area contributed by atoms with E-state index in [1.165, 1.54) is 33.2 Å². The van der Waals surface area contributed by atoms with Crippen molar-refractivity contribution in [1.82, 2.24) is 29.7 Å². The molecule has 0 bridgehead atoms. The van der Waals surface area contributed by atoms with Crippen molar-refractivity contribution in [2.24, 2.45) is 5.73 Å². The van der Waals surface area contributed by atoms with Crippen molar-refractivity contribution < 1.29 is 153 Å². The third-order valence-corrected chi connectivity index (χ3v) is 13.6. The predicted molar refractivity (Wildman–Crippen MR) is 285 cm³/mol. The molecule has 3 aromatic carbocycles. The van der Waals surface area contributed by atoms with Crippen LogP contribution >= 0.6 is 45.6 Å². The van der Waals surface area contributed by atoms with Crippen LogP contribution in [-0.2, 0) is 43.5 Å². The summed E-state index contributed by atoms with van der Waals surface area (Å²) in [6.07, 6.45) is 7.24. The summed E-state index contributed by atoms with van der Waals surface area (Å²) in [5.41, 5.74) is 6.86. The van der Waals surface area contributed by atoms with E-state index < -0.39 is 5.91 Å². The first-order valence-corrected chi connectivity index (χ1v) is 26.6. The van der Waals surface area contributed by atoms with Gasteiger partial charge in [-0.2, -0.15) is 10.5 Å². The third-order valence-electron chi connectivity index (χ3n) is 10.8. The molecule has 0 saturated carbocycles. The Kier molecular flexibility index (Phi) is 32.4. The number of nitrogens with two attached hydrogens (primary N) is 1. The van der Waals surface area contributed by atoms with Crippen molar-refractivity contribution in [2.45, 2.75) is 97.8 Å². The van der Waals surface area contributed by atoms with Crippen molar-refractivity contribution >= 4 is 58.0 Å². The maximum Gasteiger partial charge on any atom is 1.00 e. The standard InChI is InChI=1S/C17H21N3O3S.C17H19N3O2S.C10H15ClN2OS.C7H5NO.CH2O3.2K.H/c1-11-8-20(9-12(2)22-11)10-15-7-19-17(24-15)23-14-5-3-13(4-6-14)16(18)21;1-12-9-20(10-13(2)21-12)11-16-8-19-17(23-16)22-15-5-3-14(7-18)4-6-15;1-7-4-13(5-8(2)14-7)6-9-3-12-10(11)15-9;8-5-6-1-3-7(9)4-2-6;2-1-4-3;;;/h3-7,11-12H,8-10H2,1-2H3,(H2,18,21);3-6,8,12-13H,9-11H2,1-2H3;3,7-8H,4-6H2,1-2H3;1-4,9H;1,3H;;;/q;;;;;2*+1;-1/p-1. The zero-order valence-electron chi connectivity index (χ0n) is 45.4. The van der Waals surface area contributed by atoms with Crippen molar-refractivity contribution in [2.75, 3.05) is 39.3 Å². The van der Waals surface area contributed by atoms with E-state index in [0.717, 1.165) is 63.8 Å². The van der Waals surface area contributed by atoms with Crippen LogP contribution in [0.15, 0.2) is 91.4 Å². The average Bonchev–Trinajstić information content (AvgIpc) is 4.13. The van der Waals surface area contributed by atoms with Crippen molar-refractivity contribution in [3.63, 3.8) is 0 Å². The molecule has 9 rings (SSSR count). The predicted octanol–water partition coefficient (Wildman–Crippen LogP) is 2.28. The first kappa shape index (κ1) is 68.4. The van der Waals surface area contributed by atoms with Crippen molar-refractivity contribution in [1.29, 1.82) is 10.5 Å². The molecule has 3 saturated heterocycles. The van der Waals surface area contributed by atoms with Gasteiger partial charge in [-0.1, -0.05) is 34.3 Å². The molecular formula is C52H62ClK2N9O10S3. The number of nitrogens with zero attached hydrogens (tertiary/aromatic N) is 8. The molecule has 3 N–H and O–H groups in total. The molecule has 402 valence electrons. The summed E-state index contributed by atoms with van der Waals surface area (Å²) in [7, 11) is 0. The van der Waals surface area contributed by atoms with Gasteiger partial charge in [-0.3, -0.25) is 24.3 Å². The Morgan fingerprint density at radius 3 is 1.30 bits per heavy atom. The monoisotopic (exact) mass is 1180 g/mol. The van der Waals surface area contributed by atoms with Crippen LogP contribution in [0.5, 0.6) is 27.6 Å². The number of rotatable bonds is 12. The molecule has 6 aromatic rings. The number of nitriles is 2. The van der Waals surface area contributed by atoms with Gasteiger partial charge in [0, 0.05) is 97.7 Å². The van der Waals surface area contributed by atoms with Gasteiger partial charge in [0.25, 0.3) is 16.9 Å². The summed E-state index contributed by atoms with van der Waals surface area (Å²) >= 11 is 10.4. The number of phenolic OH excluding ortho intramolecular Hbond substituents is 1. The Bertz CT molecular complexity index is 2730. The molecule has 6 atom stereocenters. The van der Waals surface area contributed by atoms with Gasteiger partial charge < -0.3 is 46.1 Å². The van der Waals surface area contributed by atoms with Crippen molar-refractivity contribution in [3.8, 4) is 39.8 Å². The molecule has 25 heteroatoms. The Morgan fingerprint density at radius 1 is 0.662 bits per heavy atom. The van der Waals surface area contributed by atoms with E-state index in [4.69, 9.17) is 66.7 Å². The number of aromatic hydroxyl groups is 1. The zero-order valence-corrected chi connectivity index (χ0v) is 53.9. The maximum atomic E-state index is 11.1. The van der Waals surface area contributed by atoms with Gasteiger partial charge in [0.05, 0.1) is 59.9 Å². The van der Waals surface area contributed by atoms with Crippen LogP contribution < -0.4 is 123 Å². The minimum Gasteiger partial charge on any atom is -1.00 e. The Hall–Kier alpha value is -2.85. The number of carbonyl (C=O) groups excluding carboxylic acids is 2. The number of morpholine rings is 3. The summed E-state index contributed by atoms with van der Waals surface area (Å²) in [6.45, 7) is 20.8. The van der Waals surface area contributed by atoms with E-state index in [-0.39, 0.29) is 141 Å². The van der Waals surface area contributed by atoms with E-state index in [0.29, 0.717) is 55.3 Å². The number of amides is 1. The first-order chi connectivity index (χ1) is 36.0. The van der Waals surface area contributed by atoms with Gasteiger partial charge in [-0.15, -0.1) is 11.3 Å². The van der Waals surface area contributed by atoms with Gasteiger partial charge in [-0.25, -0.2) is 15.0 Å². The Balaban J connectivity index is 0.000000358. The minimum atomic E-state index is -0.452. The number of hydrogen-bond acceptors (Lipinski definition) is 21. The zero-order chi connectivity index (χ0) is 54.3. The number of thiazole rings is 3. The largest absolute Gasteiger partial charge is 1.00 e. The Labute approximate surface area is 553 Å². The molecule has 3 aliphatic heterocycles. The number of carbonyl (C=O) groups is 2. The van der Waals surface area contributed by atoms with Crippen LogP contribution in [0, 0.1) is 22.7 Å². The molecule has 19 nitrogen and oxygen atoms in total. The molecule has 0 radical (unpaired) electrons. The topological polar surface area (TPSA) is 255 Å². The molecule has 3 aromatic heterocycles. The van der Waals surface area contributed by atoms with Gasteiger partial charge in [0.1, 0.15) is 17.2 Å². The van der Waals surface area contributed by atoms with Crippen LogP contribution in [0.2, 0.25) is 4.47 Å². The van der Waals surface area contributed by atoms with Crippen LogP contribution in [-0.4, -0.2) is 123 Å². The summed E-state index contributed by atoms with van der Waals surface area (Å²) in [5.74, 6) is 1.06. The second-order valence-corrected chi connectivity index (χ2v) is 21.6. The number of aromatic nitrogens is 3. The fourth-order valence-electron chi connectivity index (χ4n) is 8.10. The van der Waals surface area contributed by atoms with Crippen LogP contribution in [0.1, 0.15) is 79.1 Å². The summed E-state index contributed by atoms with van der Waals surface area (Å²) in [6, 6.07) is 23.9. The first-order valence-electron chi connectivity index (χ1n) is 23.8. The second-order valence-electron chi connectivity index (χ2n) is 17.7. The van der Waals surface area contributed by atoms with Crippen molar-refractivity contribution in [3.05, 3.63) is 127 Å². The molecule has 6 heterocycles. The number of primary amides is 1. The fourth-order valence-corrected chi connectivity index (χ4v) is 10.8. The number of hydrogen-bond donors (Lipinski definition) is 2. The SMILES string of the molecule is CC1CN(Cc2cnc(Cl)s2)CC(C)O1.CC1CN(Cc2cnc(Oc3ccc(C#N)cc3)s2)CC(C)O1.CC1CN(Cc2cnc(Oc3ccc(C(N)=O)cc3)s2)CC(C)O1.N#Cc1ccc(O)cc1.O=CO[O-].[H-].[K+].[K+]. The summed E-state index contributed by atoms with van der Waals surface area (Å²) in [4.78, 5) is 45.7. The summed E-state index contributed by atoms with van der Waals surface area (Å²) < 4.78 is 29.3. The molecule has 6 unspecified atom stereocenters. The molecule has 77 heavy (non-hydrogen) atoms. The second kappa shape index (κ2) is 36.5. The number of phenols is 1. The van der Waals surface area contributed by atoms with Gasteiger partial charge in [0.2, 0.25) is 5.91 Å². The van der Waals surface area contributed by atoms with Gasteiger partial charge >= 0.3 is 103 Å². The Morgan fingerprint density at radius 2 is 0.987 bits per heavy atom. The molecule has 1 amide bonds. The number of benzene rings is 3. The van der Waals surface area contributed by atoms with Gasteiger partial charge in [0.15, 0.2) is 4.47 Å². The van der Waals surface area contributed by atoms with Gasteiger partial charge in [-0.05, 0) is 114 Å². The quantitative estimate of drug-likeness (QED) is 0.0772. The molecule has 0 aliphatic carbocycles. The van der Waals surface area contributed by atoms with E-state index in [1.54, 1.807) is 83.3 Å². The van der Waals surface area contributed by atoms with E-state index >= 15 is 0 Å². The number of halogens is 1. The van der Waals surface area contributed by atoms with E-state index in [9.17, 15) is 4.79 Å². The molecule has 3 fully saturated rings. The average molecular weight is 1180 g/mol. The normalized spacial score (nSPS) is 20.0. The third kappa shape index (κ3) is 26.1. The molecule has 0 spiro atoms. The van der Waals surface area contributed by atoms with E-state index in [1.807, 2.05) is 24.7 Å². The molecule has 3 aliphatic rings. The van der Waals surface area contributed by atoms with Crippen LogP contribution in [0.4, 0.5) is 0 Å². The smallest absolute Gasteiger partial charge is 1.00 e. The number of ether oxygens (including phenoxy) is 5. The minimum absolute atomic E-state index is 0. The van der Waals surface area contributed by atoms with Crippen LogP contribution in [0.3, 0.4) is 0 Å². The van der Waals surface area contributed by atoms with E-state index in [2.05, 4.69) is 82.2 Å². The van der Waals surface area contributed by atoms with Crippen LogP contribution in [0.25, 0.3) is 0 Å². The molecular weight excluding hydrogens is 1120 g/mol. The maximum absolute atomic E-state index is 11.1. The summed E-state index contributed by atoms with van der Waals surface area (Å²) in [5, 5.41) is 35.5. The fraction of sp³-hybridized carbons (Fsp3) is 0.404.